The second kappa shape index (κ2) is 9.78. The Morgan fingerprint density at radius 3 is 2.50 bits per heavy atom. The minimum atomic E-state index is 0.121. The molecule has 34 heavy (non-hydrogen) atoms. The summed E-state index contributed by atoms with van der Waals surface area (Å²) in [6, 6.07) is 0.344. The minimum absolute atomic E-state index is 0.121. The number of likely N-dealkylation sites (N-methyl/N-ethyl adjacent to an activating group) is 1. The Hall–Kier alpha value is -1.05. The van der Waals surface area contributed by atoms with Gasteiger partial charge in [0, 0.05) is 18.7 Å². The van der Waals surface area contributed by atoms with Gasteiger partial charge in [0.1, 0.15) is 0 Å². The fourth-order valence-electron chi connectivity index (χ4n) is 9.46. The van der Waals surface area contributed by atoms with Gasteiger partial charge in [-0.15, -0.1) is 0 Å². The highest BCUT2D eigenvalue weighted by Gasteiger charge is 2.59. The van der Waals surface area contributed by atoms with Crippen LogP contribution in [0.5, 0.6) is 0 Å². The lowest BCUT2D eigenvalue weighted by molar-refractivity contribution is -0.128. The second-order valence-corrected chi connectivity index (χ2v) is 13.9. The van der Waals surface area contributed by atoms with Crippen LogP contribution >= 0.6 is 0 Å². The van der Waals surface area contributed by atoms with E-state index in [0.717, 1.165) is 48.3 Å². The average molecular weight is 468 g/mol. The van der Waals surface area contributed by atoms with Gasteiger partial charge in [-0.2, -0.15) is 0 Å². The van der Waals surface area contributed by atoms with Crippen LogP contribution in [0.4, 0.5) is 0 Å². The van der Waals surface area contributed by atoms with E-state index >= 15 is 0 Å². The first kappa shape index (κ1) is 26.0. The topological polar surface area (TPSA) is 20.3 Å². The molecule has 0 aromatic rings. The molecule has 0 aromatic carbocycles. The van der Waals surface area contributed by atoms with Crippen LogP contribution in [0.15, 0.2) is 23.8 Å². The summed E-state index contributed by atoms with van der Waals surface area (Å²) in [5.74, 6) is 5.43. The molecule has 4 aliphatic rings. The van der Waals surface area contributed by atoms with E-state index in [4.69, 9.17) is 0 Å². The highest BCUT2D eigenvalue weighted by molar-refractivity contribution is 5.92. The minimum Gasteiger partial charge on any atom is -0.339 e. The van der Waals surface area contributed by atoms with Crippen LogP contribution in [-0.2, 0) is 4.79 Å². The predicted molar refractivity (Wildman–Crippen MR) is 144 cm³/mol. The largest absolute Gasteiger partial charge is 0.339 e. The van der Waals surface area contributed by atoms with E-state index in [-0.39, 0.29) is 5.91 Å². The van der Waals surface area contributed by atoms with E-state index in [1.54, 1.807) is 5.57 Å². The van der Waals surface area contributed by atoms with Gasteiger partial charge < -0.3 is 4.90 Å². The summed E-state index contributed by atoms with van der Waals surface area (Å²) < 4.78 is 0. The molecule has 2 heteroatoms. The number of carbonyl (C=O) groups excluding carboxylic acids is 1. The molecular formula is C32H53NO. The van der Waals surface area contributed by atoms with Crippen molar-refractivity contribution in [2.45, 2.75) is 118 Å². The molecule has 0 heterocycles. The summed E-state index contributed by atoms with van der Waals surface area (Å²) in [7, 11) is 1.99. The molecule has 0 bridgehead atoms. The van der Waals surface area contributed by atoms with Crippen molar-refractivity contribution in [1.29, 1.82) is 0 Å². The Labute approximate surface area is 211 Å². The number of hydrogen-bond donors (Lipinski definition) is 0. The van der Waals surface area contributed by atoms with E-state index in [1.807, 2.05) is 18.9 Å². The number of hydrogen-bond acceptors (Lipinski definition) is 1. The maximum absolute atomic E-state index is 12.6. The fraction of sp³-hybridized carbons (Fsp3) is 0.844. The van der Waals surface area contributed by atoms with E-state index < -0.39 is 0 Å². The van der Waals surface area contributed by atoms with Crippen molar-refractivity contribution in [1.82, 2.24) is 4.90 Å². The third kappa shape index (κ3) is 4.45. The summed E-state index contributed by atoms with van der Waals surface area (Å²) >= 11 is 0. The number of rotatable bonds is 7. The Morgan fingerprint density at radius 2 is 1.82 bits per heavy atom. The van der Waals surface area contributed by atoms with Crippen molar-refractivity contribution < 1.29 is 4.79 Å². The monoisotopic (exact) mass is 467 g/mol. The third-order valence-electron chi connectivity index (χ3n) is 11.5. The van der Waals surface area contributed by atoms with Gasteiger partial charge in [-0.1, -0.05) is 72.1 Å². The highest BCUT2D eigenvalue weighted by atomic mass is 16.2. The van der Waals surface area contributed by atoms with Gasteiger partial charge in [0.25, 0.3) is 0 Å². The molecule has 8 atom stereocenters. The van der Waals surface area contributed by atoms with Gasteiger partial charge in [0.2, 0.25) is 5.91 Å². The molecule has 0 saturated heterocycles. The molecule has 3 fully saturated rings. The van der Waals surface area contributed by atoms with Crippen LogP contribution in [0.2, 0.25) is 0 Å². The maximum atomic E-state index is 12.6. The van der Waals surface area contributed by atoms with Crippen LogP contribution in [-0.4, -0.2) is 23.9 Å². The Morgan fingerprint density at radius 1 is 1.09 bits per heavy atom. The summed E-state index contributed by atoms with van der Waals surface area (Å²) in [6.07, 6.45) is 17.4. The molecule has 4 rings (SSSR count). The number of allylic oxidation sites excluding steroid dienone is 1. The Bertz CT molecular complexity index is 810. The van der Waals surface area contributed by atoms with Crippen LogP contribution in [0.25, 0.3) is 0 Å². The number of amides is 1. The van der Waals surface area contributed by atoms with Gasteiger partial charge in [0.15, 0.2) is 0 Å². The Balaban J connectivity index is 1.47. The molecule has 192 valence electrons. The quantitative estimate of drug-likeness (QED) is 0.272. The molecule has 0 aliphatic heterocycles. The van der Waals surface area contributed by atoms with E-state index in [2.05, 4.69) is 47.3 Å². The van der Waals surface area contributed by atoms with Crippen molar-refractivity contribution in [2.75, 3.05) is 7.05 Å². The van der Waals surface area contributed by atoms with Crippen molar-refractivity contribution >= 4 is 5.91 Å². The number of nitrogens with zero attached hydrogens (tertiary/aromatic N) is 1. The maximum Gasteiger partial charge on any atom is 0.248 e. The second-order valence-electron chi connectivity index (χ2n) is 13.9. The normalized spacial score (nSPS) is 40.1. The molecular weight excluding hydrogens is 414 g/mol. The zero-order valence-electron chi connectivity index (χ0n) is 23.5. The summed E-state index contributed by atoms with van der Waals surface area (Å²) in [4.78, 5) is 14.5. The smallest absolute Gasteiger partial charge is 0.248 e. The van der Waals surface area contributed by atoms with Gasteiger partial charge in [0.05, 0.1) is 0 Å². The SMILES string of the molecule is C=C(C)C(=O)N(C)[C@H]1CC[C@@]2(C)C(=CC[C@H]3[C@@H]4CC[C@H]([C@H](C)CCCC(C)C)[C@@]4(C)CC[C@@H]32)C1. The summed E-state index contributed by atoms with van der Waals surface area (Å²) in [6.45, 7) is 18.3. The lowest BCUT2D eigenvalue weighted by Crippen LogP contribution is -2.52. The molecule has 0 aromatic heterocycles. The lowest BCUT2D eigenvalue weighted by Gasteiger charge is -2.59. The summed E-state index contributed by atoms with van der Waals surface area (Å²) in [5.41, 5.74) is 3.25. The zero-order valence-corrected chi connectivity index (χ0v) is 23.5. The average Bonchev–Trinajstić information content (AvgIpc) is 3.14. The van der Waals surface area contributed by atoms with Crippen molar-refractivity contribution in [3.8, 4) is 0 Å². The first-order valence-corrected chi connectivity index (χ1v) is 14.6. The number of fused-ring (bicyclic) bond motifs is 5. The molecule has 1 amide bonds. The van der Waals surface area contributed by atoms with E-state index in [9.17, 15) is 4.79 Å². The molecule has 3 saturated carbocycles. The van der Waals surface area contributed by atoms with Gasteiger partial charge in [-0.3, -0.25) is 4.79 Å². The first-order valence-electron chi connectivity index (χ1n) is 14.6. The van der Waals surface area contributed by atoms with Crippen molar-refractivity contribution in [2.24, 2.45) is 46.3 Å². The molecule has 0 radical (unpaired) electrons. The van der Waals surface area contributed by atoms with Crippen molar-refractivity contribution in [3.05, 3.63) is 23.8 Å². The molecule has 0 N–H and O–H groups in total. The predicted octanol–water partition coefficient (Wildman–Crippen LogP) is 8.43. The van der Waals surface area contributed by atoms with Crippen LogP contribution < -0.4 is 0 Å². The zero-order chi connectivity index (χ0) is 24.8. The standard InChI is InChI=1S/C32H53NO/c1-21(2)10-9-11-23(5)27-14-15-28-26-13-12-24-20-25(33(8)30(34)22(3)4)16-18-31(24,6)29(26)17-19-32(27,28)7/h12,21,23,25-29H,3,9-11,13-20H2,1-2,4-8H3/t23-,25+,26+,27-,28+,29+,31+,32-/m1/s1. The fourth-order valence-corrected chi connectivity index (χ4v) is 9.46. The van der Waals surface area contributed by atoms with Crippen LogP contribution in [0.3, 0.4) is 0 Å². The molecule has 4 aliphatic carbocycles. The molecule has 0 spiro atoms. The highest BCUT2D eigenvalue weighted by Crippen LogP contribution is 2.67. The van der Waals surface area contributed by atoms with E-state index in [0.29, 0.717) is 22.4 Å². The summed E-state index contributed by atoms with van der Waals surface area (Å²) in [5, 5.41) is 0. The van der Waals surface area contributed by atoms with Crippen molar-refractivity contribution in [3.63, 3.8) is 0 Å². The van der Waals surface area contributed by atoms with Crippen LogP contribution in [0.1, 0.15) is 112 Å². The van der Waals surface area contributed by atoms with Gasteiger partial charge in [-0.05, 0) is 105 Å². The van der Waals surface area contributed by atoms with E-state index in [1.165, 1.54) is 57.8 Å². The van der Waals surface area contributed by atoms with Gasteiger partial charge in [-0.25, -0.2) is 0 Å². The molecule has 2 nitrogen and oxygen atoms in total. The third-order valence-corrected chi connectivity index (χ3v) is 11.5. The lowest BCUT2D eigenvalue weighted by atomic mass is 9.46. The van der Waals surface area contributed by atoms with Gasteiger partial charge >= 0.3 is 0 Å². The Kier molecular flexibility index (Phi) is 7.48. The first-order chi connectivity index (χ1) is 16.0. The number of carbonyl (C=O) groups is 1. The van der Waals surface area contributed by atoms with Crippen LogP contribution in [0, 0.1) is 46.3 Å². The molecule has 0 unspecified atom stereocenters.